The highest BCUT2D eigenvalue weighted by Gasteiger charge is 2.26. The fourth-order valence-corrected chi connectivity index (χ4v) is 2.97. The first-order valence-corrected chi connectivity index (χ1v) is 9.30. The molecule has 6 nitrogen and oxygen atoms in total. The summed E-state index contributed by atoms with van der Waals surface area (Å²) in [5, 5.41) is 5.67. The Labute approximate surface area is 164 Å². The van der Waals surface area contributed by atoms with Gasteiger partial charge in [-0.2, -0.15) is 0 Å². The number of rotatable bonds is 6. The van der Waals surface area contributed by atoms with Crippen LogP contribution in [0.1, 0.15) is 24.0 Å². The quantitative estimate of drug-likeness (QED) is 0.745. The molecule has 3 rings (SSSR count). The number of carbonyl (C=O) groups is 2. The molecule has 2 aromatic carbocycles. The minimum absolute atomic E-state index is 0.201. The molecule has 6 heteroatoms. The van der Waals surface area contributed by atoms with Gasteiger partial charge in [-0.3, -0.25) is 0 Å². The number of ether oxygens (including phenoxy) is 2. The summed E-state index contributed by atoms with van der Waals surface area (Å²) in [6.45, 7) is 0.402. The monoisotopic (exact) mass is 380 g/mol. The van der Waals surface area contributed by atoms with Crippen molar-refractivity contribution in [1.29, 1.82) is 0 Å². The summed E-state index contributed by atoms with van der Waals surface area (Å²) in [6, 6.07) is 18.5. The number of benzene rings is 2. The Morgan fingerprint density at radius 1 is 0.714 bits per heavy atom. The van der Waals surface area contributed by atoms with E-state index in [-0.39, 0.29) is 25.3 Å². The van der Waals surface area contributed by atoms with Crippen molar-refractivity contribution in [3.05, 3.63) is 83.9 Å². The van der Waals surface area contributed by atoms with Crippen molar-refractivity contribution in [1.82, 2.24) is 10.6 Å². The first-order valence-electron chi connectivity index (χ1n) is 9.30. The van der Waals surface area contributed by atoms with Crippen molar-refractivity contribution in [2.24, 2.45) is 0 Å². The molecule has 1 aliphatic rings. The Hall–Kier alpha value is -3.28. The highest BCUT2D eigenvalue weighted by Crippen LogP contribution is 2.13. The third-order valence-corrected chi connectivity index (χ3v) is 4.46. The number of carbonyl (C=O) groups excluding carboxylic acids is 2. The maximum Gasteiger partial charge on any atom is 0.407 e. The molecule has 0 heterocycles. The highest BCUT2D eigenvalue weighted by atomic mass is 16.6. The second kappa shape index (κ2) is 10.2. The van der Waals surface area contributed by atoms with Crippen molar-refractivity contribution in [2.75, 3.05) is 0 Å². The van der Waals surface area contributed by atoms with Gasteiger partial charge >= 0.3 is 12.2 Å². The van der Waals surface area contributed by atoms with Gasteiger partial charge in [0.05, 0.1) is 12.1 Å². The van der Waals surface area contributed by atoms with E-state index in [0.29, 0.717) is 12.8 Å². The summed E-state index contributed by atoms with van der Waals surface area (Å²) in [4.78, 5) is 24.3. The summed E-state index contributed by atoms with van der Waals surface area (Å²) >= 11 is 0. The molecule has 0 saturated carbocycles. The Balaban J connectivity index is 1.45. The highest BCUT2D eigenvalue weighted by molar-refractivity contribution is 5.69. The molecular weight excluding hydrogens is 356 g/mol. The Bertz CT molecular complexity index is 725. The van der Waals surface area contributed by atoms with Crippen molar-refractivity contribution in [3.8, 4) is 0 Å². The molecule has 0 aromatic heterocycles. The fraction of sp³-hybridized carbons (Fsp3) is 0.273. The van der Waals surface area contributed by atoms with Gasteiger partial charge in [0, 0.05) is 0 Å². The van der Waals surface area contributed by atoms with Gasteiger partial charge in [-0.05, 0) is 24.0 Å². The third-order valence-electron chi connectivity index (χ3n) is 4.46. The first kappa shape index (κ1) is 19.5. The molecule has 2 amide bonds. The van der Waals surface area contributed by atoms with E-state index in [0.717, 1.165) is 11.1 Å². The summed E-state index contributed by atoms with van der Waals surface area (Å²) in [7, 11) is 0. The Morgan fingerprint density at radius 3 is 1.50 bits per heavy atom. The molecule has 2 unspecified atom stereocenters. The average Bonchev–Trinajstić information content (AvgIpc) is 2.74. The van der Waals surface area contributed by atoms with Crippen LogP contribution < -0.4 is 10.6 Å². The second-order valence-corrected chi connectivity index (χ2v) is 6.57. The van der Waals surface area contributed by atoms with Gasteiger partial charge in [-0.1, -0.05) is 72.8 Å². The van der Waals surface area contributed by atoms with Crippen LogP contribution in [0.25, 0.3) is 0 Å². The van der Waals surface area contributed by atoms with E-state index in [1.807, 2.05) is 72.8 Å². The number of amides is 2. The van der Waals surface area contributed by atoms with E-state index >= 15 is 0 Å². The first-order chi connectivity index (χ1) is 13.7. The number of nitrogens with one attached hydrogen (secondary N) is 2. The van der Waals surface area contributed by atoms with E-state index in [1.165, 1.54) is 0 Å². The summed E-state index contributed by atoms with van der Waals surface area (Å²) in [6.07, 6.45) is 4.18. The summed E-state index contributed by atoms with van der Waals surface area (Å²) in [5.74, 6) is 0. The van der Waals surface area contributed by atoms with Crippen LogP contribution in [0.2, 0.25) is 0 Å². The maximum absolute atomic E-state index is 12.1. The number of alkyl carbamates (subject to hydrolysis) is 2. The zero-order valence-corrected chi connectivity index (χ0v) is 15.5. The Kier molecular flexibility index (Phi) is 7.07. The maximum atomic E-state index is 12.1. The van der Waals surface area contributed by atoms with Crippen molar-refractivity contribution >= 4 is 12.2 Å². The third kappa shape index (κ3) is 6.16. The SMILES string of the molecule is O=C(NC1CC=CCC1NC(=O)OCc1ccccc1)OCc1ccccc1. The van der Waals surface area contributed by atoms with Gasteiger partial charge in [0.25, 0.3) is 0 Å². The van der Waals surface area contributed by atoms with E-state index in [4.69, 9.17) is 9.47 Å². The molecule has 0 bridgehead atoms. The van der Waals surface area contributed by atoms with Crippen LogP contribution in [0.4, 0.5) is 9.59 Å². The lowest BCUT2D eigenvalue weighted by atomic mass is 9.96. The fourth-order valence-electron chi connectivity index (χ4n) is 2.97. The zero-order valence-electron chi connectivity index (χ0n) is 15.5. The number of hydrogen-bond donors (Lipinski definition) is 2. The van der Waals surface area contributed by atoms with Gasteiger partial charge in [0.1, 0.15) is 13.2 Å². The minimum atomic E-state index is -0.506. The topological polar surface area (TPSA) is 76.7 Å². The van der Waals surface area contributed by atoms with E-state index < -0.39 is 12.2 Å². The summed E-state index contributed by atoms with van der Waals surface area (Å²) in [5.41, 5.74) is 1.83. The van der Waals surface area contributed by atoms with E-state index in [2.05, 4.69) is 10.6 Å². The number of hydrogen-bond acceptors (Lipinski definition) is 4. The molecule has 1 aliphatic carbocycles. The van der Waals surface area contributed by atoms with Crippen LogP contribution >= 0.6 is 0 Å². The van der Waals surface area contributed by atoms with Gasteiger partial charge in [0.15, 0.2) is 0 Å². The molecule has 2 aromatic rings. The molecular formula is C22H24N2O4. The van der Waals surface area contributed by atoms with Gasteiger partial charge in [-0.25, -0.2) is 9.59 Å². The standard InChI is InChI=1S/C22H24N2O4/c25-21(27-15-17-9-3-1-4-10-17)23-19-13-7-8-14-20(19)24-22(26)28-16-18-11-5-2-6-12-18/h1-12,19-20H,13-16H2,(H,23,25)(H,24,26). The Morgan fingerprint density at radius 2 is 1.11 bits per heavy atom. The van der Waals surface area contributed by atoms with Crippen LogP contribution in [0.5, 0.6) is 0 Å². The average molecular weight is 380 g/mol. The van der Waals surface area contributed by atoms with E-state index in [9.17, 15) is 9.59 Å². The smallest absolute Gasteiger partial charge is 0.407 e. The van der Waals surface area contributed by atoms with Crippen molar-refractivity contribution in [3.63, 3.8) is 0 Å². The molecule has 0 aliphatic heterocycles. The van der Waals surface area contributed by atoms with Crippen LogP contribution in [0, 0.1) is 0 Å². The van der Waals surface area contributed by atoms with Gasteiger partial charge in [0.2, 0.25) is 0 Å². The minimum Gasteiger partial charge on any atom is -0.445 e. The predicted octanol–water partition coefficient (Wildman–Crippen LogP) is 3.93. The molecule has 0 spiro atoms. The molecule has 28 heavy (non-hydrogen) atoms. The van der Waals surface area contributed by atoms with Crippen molar-refractivity contribution in [2.45, 2.75) is 38.1 Å². The predicted molar refractivity (Wildman–Crippen MR) is 105 cm³/mol. The lowest BCUT2D eigenvalue weighted by Gasteiger charge is -2.29. The van der Waals surface area contributed by atoms with Gasteiger partial charge < -0.3 is 20.1 Å². The normalized spacial score (nSPS) is 18.1. The lowest BCUT2D eigenvalue weighted by Crippen LogP contribution is -2.52. The molecule has 2 atom stereocenters. The molecule has 146 valence electrons. The van der Waals surface area contributed by atoms with Crippen LogP contribution in [0.3, 0.4) is 0 Å². The zero-order chi connectivity index (χ0) is 19.6. The largest absolute Gasteiger partial charge is 0.445 e. The van der Waals surface area contributed by atoms with Crippen LogP contribution in [-0.2, 0) is 22.7 Å². The van der Waals surface area contributed by atoms with Crippen LogP contribution in [-0.4, -0.2) is 24.3 Å². The molecule has 2 N–H and O–H groups in total. The molecule has 0 radical (unpaired) electrons. The summed E-state index contributed by atoms with van der Waals surface area (Å²) < 4.78 is 10.5. The van der Waals surface area contributed by atoms with Crippen molar-refractivity contribution < 1.29 is 19.1 Å². The van der Waals surface area contributed by atoms with E-state index in [1.54, 1.807) is 0 Å². The van der Waals surface area contributed by atoms with Gasteiger partial charge in [-0.15, -0.1) is 0 Å². The molecule has 0 fully saturated rings. The van der Waals surface area contributed by atoms with Crippen LogP contribution in [0.15, 0.2) is 72.8 Å². The second-order valence-electron chi connectivity index (χ2n) is 6.57. The lowest BCUT2D eigenvalue weighted by molar-refractivity contribution is 0.123. The molecule has 0 saturated heterocycles.